The summed E-state index contributed by atoms with van der Waals surface area (Å²) in [6.07, 6.45) is 0.464. The first-order valence-electron chi connectivity index (χ1n) is 12.2. The molecule has 0 aliphatic rings. The molecule has 2 N–H and O–H groups in total. The Morgan fingerprint density at radius 3 is 2.39 bits per heavy atom. The predicted octanol–water partition coefficient (Wildman–Crippen LogP) is 6.06. The molecule has 1 atom stereocenters. The van der Waals surface area contributed by atoms with Crippen molar-refractivity contribution >= 4 is 28.5 Å². The van der Waals surface area contributed by atoms with E-state index in [2.05, 4.69) is 24.5 Å². The fourth-order valence-electron chi connectivity index (χ4n) is 4.28. The van der Waals surface area contributed by atoms with Gasteiger partial charge in [0.1, 0.15) is 11.3 Å². The molecule has 1 heterocycles. The van der Waals surface area contributed by atoms with Crippen molar-refractivity contribution in [2.75, 3.05) is 13.1 Å². The number of nitrogens with one attached hydrogen (secondary N) is 2. The number of halogens is 1. The van der Waals surface area contributed by atoms with Gasteiger partial charge in [0, 0.05) is 41.7 Å². The molecule has 0 saturated carbocycles. The Morgan fingerprint density at radius 1 is 0.972 bits per heavy atom. The molecule has 0 fully saturated rings. The van der Waals surface area contributed by atoms with Gasteiger partial charge in [0.15, 0.2) is 5.43 Å². The summed E-state index contributed by atoms with van der Waals surface area (Å²) < 4.78 is 6.37. The Hall–Kier alpha value is -3.41. The van der Waals surface area contributed by atoms with Gasteiger partial charge in [-0.3, -0.25) is 9.59 Å². The van der Waals surface area contributed by atoms with Crippen molar-refractivity contribution in [3.63, 3.8) is 0 Å². The summed E-state index contributed by atoms with van der Waals surface area (Å²) in [5.74, 6) is 0.625. The Kier molecular flexibility index (Phi) is 8.24. The van der Waals surface area contributed by atoms with Gasteiger partial charge in [0.25, 0.3) is 5.91 Å². The largest absolute Gasteiger partial charge is 0.459 e. The van der Waals surface area contributed by atoms with Gasteiger partial charge in [-0.1, -0.05) is 73.5 Å². The molecule has 5 nitrogen and oxygen atoms in total. The van der Waals surface area contributed by atoms with Crippen molar-refractivity contribution in [1.82, 2.24) is 10.6 Å². The van der Waals surface area contributed by atoms with E-state index in [9.17, 15) is 9.59 Å². The third-order valence-electron chi connectivity index (χ3n) is 6.24. The van der Waals surface area contributed by atoms with Crippen LogP contribution in [0.4, 0.5) is 0 Å². The third kappa shape index (κ3) is 6.04. The van der Waals surface area contributed by atoms with Gasteiger partial charge < -0.3 is 15.1 Å². The van der Waals surface area contributed by atoms with E-state index in [0.29, 0.717) is 52.4 Å². The normalized spacial score (nSPS) is 12.1. The van der Waals surface area contributed by atoms with Gasteiger partial charge in [-0.2, -0.15) is 0 Å². The summed E-state index contributed by atoms with van der Waals surface area (Å²) in [6.45, 7) is 7.10. The SMILES string of the molecule is Cc1ccc(C(=O)NCCNC(c2oc3cc(Cl)ccc3c(=O)c2Cc2ccccc2)C(C)C)cc1. The first-order valence-corrected chi connectivity index (χ1v) is 12.6. The molecule has 36 heavy (non-hydrogen) atoms. The second kappa shape index (κ2) is 11.5. The molecule has 186 valence electrons. The number of benzene rings is 3. The molecule has 0 spiro atoms. The van der Waals surface area contributed by atoms with E-state index in [4.69, 9.17) is 16.0 Å². The van der Waals surface area contributed by atoms with Crippen LogP contribution in [0.3, 0.4) is 0 Å². The first-order chi connectivity index (χ1) is 17.3. The van der Waals surface area contributed by atoms with E-state index < -0.39 is 0 Å². The highest BCUT2D eigenvalue weighted by atomic mass is 35.5. The summed E-state index contributed by atoms with van der Waals surface area (Å²) >= 11 is 6.21. The number of fused-ring (bicyclic) bond motifs is 1. The molecule has 1 unspecified atom stereocenters. The standard InChI is InChI=1S/C30H31ClN2O3/c1-19(2)27(32-15-16-33-30(35)22-11-9-20(3)10-12-22)29-25(17-21-7-5-4-6-8-21)28(34)24-14-13-23(31)18-26(24)36-29/h4-14,18-19,27,32H,15-17H2,1-3H3,(H,33,35). The molecule has 0 bridgehead atoms. The molecule has 0 aliphatic heterocycles. The van der Waals surface area contributed by atoms with Crippen LogP contribution in [0.25, 0.3) is 11.0 Å². The highest BCUT2D eigenvalue weighted by Gasteiger charge is 2.25. The van der Waals surface area contributed by atoms with Gasteiger partial charge in [-0.25, -0.2) is 0 Å². The molecular formula is C30H31ClN2O3. The number of hydrogen-bond acceptors (Lipinski definition) is 4. The molecular weight excluding hydrogens is 472 g/mol. The number of carbonyl (C=O) groups excluding carboxylic acids is 1. The zero-order chi connectivity index (χ0) is 25.7. The van der Waals surface area contributed by atoms with Crippen molar-refractivity contribution in [3.05, 3.63) is 116 Å². The van der Waals surface area contributed by atoms with E-state index >= 15 is 0 Å². The monoisotopic (exact) mass is 502 g/mol. The Balaban J connectivity index is 1.59. The molecule has 0 saturated heterocycles. The fourth-order valence-corrected chi connectivity index (χ4v) is 4.45. The van der Waals surface area contributed by atoms with E-state index in [0.717, 1.165) is 11.1 Å². The Bertz CT molecular complexity index is 1400. The lowest BCUT2D eigenvalue weighted by atomic mass is 9.93. The van der Waals surface area contributed by atoms with Gasteiger partial charge in [0.2, 0.25) is 0 Å². The molecule has 1 aromatic heterocycles. The lowest BCUT2D eigenvalue weighted by molar-refractivity contribution is 0.0953. The summed E-state index contributed by atoms with van der Waals surface area (Å²) in [5.41, 5.74) is 3.82. The zero-order valence-electron chi connectivity index (χ0n) is 20.8. The fraction of sp³-hybridized carbons (Fsp3) is 0.267. The van der Waals surface area contributed by atoms with Crippen LogP contribution >= 0.6 is 11.6 Å². The minimum atomic E-state index is -0.226. The third-order valence-corrected chi connectivity index (χ3v) is 6.48. The van der Waals surface area contributed by atoms with E-state index in [1.807, 2.05) is 61.5 Å². The minimum absolute atomic E-state index is 0.0492. The second-order valence-corrected chi connectivity index (χ2v) is 9.81. The molecule has 6 heteroatoms. The van der Waals surface area contributed by atoms with Crippen LogP contribution in [0.2, 0.25) is 5.02 Å². The van der Waals surface area contributed by atoms with Crippen molar-refractivity contribution < 1.29 is 9.21 Å². The molecule has 4 aromatic rings. The van der Waals surface area contributed by atoms with Crippen molar-refractivity contribution in [2.24, 2.45) is 5.92 Å². The van der Waals surface area contributed by atoms with Crippen LogP contribution in [0.1, 0.15) is 52.7 Å². The molecule has 0 radical (unpaired) electrons. The number of rotatable bonds is 9. The number of hydrogen-bond donors (Lipinski definition) is 2. The van der Waals surface area contributed by atoms with Crippen molar-refractivity contribution in [1.29, 1.82) is 0 Å². The molecule has 1 amide bonds. The van der Waals surface area contributed by atoms with Gasteiger partial charge in [-0.15, -0.1) is 0 Å². The maximum Gasteiger partial charge on any atom is 0.251 e. The second-order valence-electron chi connectivity index (χ2n) is 9.37. The number of carbonyl (C=O) groups is 1. The van der Waals surface area contributed by atoms with Crippen LogP contribution in [0, 0.1) is 12.8 Å². The van der Waals surface area contributed by atoms with Crippen LogP contribution in [0.15, 0.2) is 82.0 Å². The van der Waals surface area contributed by atoms with E-state index in [1.165, 1.54) is 0 Å². The maximum atomic E-state index is 13.6. The number of amides is 1. The van der Waals surface area contributed by atoms with Gasteiger partial charge in [0.05, 0.1) is 11.4 Å². The van der Waals surface area contributed by atoms with Gasteiger partial charge >= 0.3 is 0 Å². The molecule has 3 aromatic carbocycles. The summed E-state index contributed by atoms with van der Waals surface area (Å²) in [5, 5.41) is 7.49. The van der Waals surface area contributed by atoms with E-state index in [1.54, 1.807) is 18.2 Å². The van der Waals surface area contributed by atoms with Crippen molar-refractivity contribution in [3.8, 4) is 0 Å². The average molecular weight is 503 g/mol. The van der Waals surface area contributed by atoms with Crippen LogP contribution in [-0.2, 0) is 6.42 Å². The summed E-state index contributed by atoms with van der Waals surface area (Å²) in [7, 11) is 0. The maximum absolute atomic E-state index is 13.6. The number of aryl methyl sites for hydroxylation is 1. The molecule has 0 aliphatic carbocycles. The van der Waals surface area contributed by atoms with Crippen LogP contribution < -0.4 is 16.1 Å². The zero-order valence-corrected chi connectivity index (χ0v) is 21.6. The van der Waals surface area contributed by atoms with Crippen LogP contribution in [-0.4, -0.2) is 19.0 Å². The highest BCUT2D eigenvalue weighted by Crippen LogP contribution is 2.29. The highest BCUT2D eigenvalue weighted by molar-refractivity contribution is 6.31. The predicted molar refractivity (Wildman–Crippen MR) is 146 cm³/mol. The topological polar surface area (TPSA) is 71.3 Å². The van der Waals surface area contributed by atoms with Crippen molar-refractivity contribution in [2.45, 2.75) is 33.2 Å². The van der Waals surface area contributed by atoms with Crippen LogP contribution in [0.5, 0.6) is 0 Å². The summed E-state index contributed by atoms with van der Waals surface area (Å²) in [6, 6.07) is 22.3. The van der Waals surface area contributed by atoms with E-state index in [-0.39, 0.29) is 23.3 Å². The average Bonchev–Trinajstić information content (AvgIpc) is 2.86. The summed E-state index contributed by atoms with van der Waals surface area (Å²) in [4.78, 5) is 26.1. The van der Waals surface area contributed by atoms with Gasteiger partial charge in [-0.05, 0) is 42.7 Å². The lowest BCUT2D eigenvalue weighted by Gasteiger charge is -2.24. The lowest BCUT2D eigenvalue weighted by Crippen LogP contribution is -2.36. The Morgan fingerprint density at radius 2 is 1.69 bits per heavy atom. The minimum Gasteiger partial charge on any atom is -0.459 e. The first kappa shape index (κ1) is 25.7. The quantitative estimate of drug-likeness (QED) is 0.273. The molecule has 4 rings (SSSR count). The smallest absolute Gasteiger partial charge is 0.251 e. The Labute approximate surface area is 216 Å².